The van der Waals surface area contributed by atoms with Crippen LogP contribution in [0.3, 0.4) is 0 Å². The van der Waals surface area contributed by atoms with Crippen molar-refractivity contribution < 1.29 is 0 Å². The predicted octanol–water partition coefficient (Wildman–Crippen LogP) is 15.1. The third-order valence-corrected chi connectivity index (χ3v) is 14.0. The van der Waals surface area contributed by atoms with Crippen LogP contribution in [0.15, 0.2) is 176 Å². The van der Waals surface area contributed by atoms with E-state index >= 15 is 0 Å². The fourth-order valence-corrected chi connectivity index (χ4v) is 11.3. The molecule has 0 aliphatic rings. The highest BCUT2D eigenvalue weighted by Gasteiger charge is 2.19. The van der Waals surface area contributed by atoms with Crippen molar-refractivity contribution >= 4 is 117 Å². The molecule has 5 heteroatoms. The number of aromatic nitrogens is 3. The Morgan fingerprint density at radius 2 is 1.04 bits per heavy atom. The van der Waals surface area contributed by atoms with Crippen molar-refractivity contribution in [1.29, 1.82) is 0 Å². The lowest BCUT2D eigenvalue weighted by molar-refractivity contribution is 1.19. The predicted molar refractivity (Wildman–Crippen MR) is 246 cm³/mol. The second-order valence-corrected chi connectivity index (χ2v) is 17.1. The van der Waals surface area contributed by atoms with Gasteiger partial charge in [-0.15, -0.1) is 22.7 Å². The van der Waals surface area contributed by atoms with Gasteiger partial charge in [-0.05, 0) is 76.8 Å². The SMILES string of the molecule is c1ccc(-c2nc(-c3ccc4c(c3)sc3ccc(-n5c6ccccc6c6cc7c(cc65)sc5cc6ccccc6cc57)cc34)nc3c2ccc2ccccc23)cc1. The number of hydrogen-bond donors (Lipinski definition) is 0. The van der Waals surface area contributed by atoms with E-state index in [9.17, 15) is 0 Å². The average molecular weight is 760 g/mol. The van der Waals surface area contributed by atoms with Gasteiger partial charge in [0.05, 0.1) is 22.2 Å². The van der Waals surface area contributed by atoms with Crippen LogP contribution >= 0.6 is 22.7 Å². The number of nitrogens with zero attached hydrogens (tertiary/aromatic N) is 3. The smallest absolute Gasteiger partial charge is 0.160 e. The molecule has 0 radical (unpaired) electrons. The molecule has 0 aliphatic carbocycles. The molecule has 13 rings (SSSR count). The molecule has 264 valence electrons. The van der Waals surface area contributed by atoms with E-state index in [0.717, 1.165) is 38.9 Å². The first-order chi connectivity index (χ1) is 28.2. The number of thiophene rings is 2. The van der Waals surface area contributed by atoms with Gasteiger partial charge in [-0.2, -0.15) is 0 Å². The van der Waals surface area contributed by atoms with E-state index in [1.807, 2.05) is 22.7 Å². The van der Waals surface area contributed by atoms with E-state index in [1.165, 1.54) is 84.0 Å². The number of fused-ring (bicyclic) bond motifs is 13. The third kappa shape index (κ3) is 4.64. The molecule has 13 aromatic rings. The van der Waals surface area contributed by atoms with Crippen LogP contribution in [0.2, 0.25) is 0 Å². The second-order valence-electron chi connectivity index (χ2n) is 15.0. The summed E-state index contributed by atoms with van der Waals surface area (Å²) in [7, 11) is 0. The summed E-state index contributed by atoms with van der Waals surface area (Å²) in [5.41, 5.74) is 7.65. The lowest BCUT2D eigenvalue weighted by atomic mass is 10.0. The molecule has 57 heavy (non-hydrogen) atoms. The molecule has 4 aromatic heterocycles. The summed E-state index contributed by atoms with van der Waals surface area (Å²) in [6.45, 7) is 0. The molecular formula is C52H29N3S2. The Bertz CT molecular complexity index is 3820. The van der Waals surface area contributed by atoms with Gasteiger partial charge in [0.15, 0.2) is 5.82 Å². The van der Waals surface area contributed by atoms with Crippen molar-refractivity contribution in [1.82, 2.24) is 14.5 Å². The molecule has 0 saturated heterocycles. The monoisotopic (exact) mass is 759 g/mol. The van der Waals surface area contributed by atoms with E-state index in [1.54, 1.807) is 0 Å². The molecule has 4 heterocycles. The van der Waals surface area contributed by atoms with Gasteiger partial charge >= 0.3 is 0 Å². The van der Waals surface area contributed by atoms with Gasteiger partial charge in [-0.3, -0.25) is 0 Å². The van der Waals surface area contributed by atoms with Crippen LogP contribution in [-0.2, 0) is 0 Å². The Balaban J connectivity index is 0.988. The lowest BCUT2D eigenvalue weighted by Gasteiger charge is -2.11. The van der Waals surface area contributed by atoms with Crippen molar-refractivity contribution in [3.8, 4) is 28.3 Å². The molecule has 0 saturated carbocycles. The van der Waals surface area contributed by atoms with Crippen LogP contribution in [0, 0.1) is 0 Å². The van der Waals surface area contributed by atoms with Gasteiger partial charge in [-0.25, -0.2) is 9.97 Å². The number of hydrogen-bond acceptors (Lipinski definition) is 4. The Morgan fingerprint density at radius 1 is 0.351 bits per heavy atom. The molecule has 0 aliphatic heterocycles. The summed E-state index contributed by atoms with van der Waals surface area (Å²) in [5, 5.41) is 13.7. The maximum Gasteiger partial charge on any atom is 0.160 e. The number of benzene rings is 9. The van der Waals surface area contributed by atoms with Gasteiger partial charge in [0.1, 0.15) is 0 Å². The molecule has 0 atom stereocenters. The van der Waals surface area contributed by atoms with Crippen molar-refractivity contribution in [2.24, 2.45) is 0 Å². The molecule has 0 amide bonds. The van der Waals surface area contributed by atoms with Crippen LogP contribution in [0.25, 0.3) is 123 Å². The van der Waals surface area contributed by atoms with E-state index in [4.69, 9.17) is 9.97 Å². The lowest BCUT2D eigenvalue weighted by Crippen LogP contribution is -1.96. The highest BCUT2D eigenvalue weighted by Crippen LogP contribution is 2.44. The largest absolute Gasteiger partial charge is 0.309 e. The Labute approximate surface area is 334 Å². The van der Waals surface area contributed by atoms with Crippen molar-refractivity contribution in [3.63, 3.8) is 0 Å². The van der Waals surface area contributed by atoms with Gasteiger partial charge < -0.3 is 4.57 Å². The highest BCUT2D eigenvalue weighted by molar-refractivity contribution is 7.26. The first kappa shape index (κ1) is 31.3. The molecule has 3 nitrogen and oxygen atoms in total. The second kappa shape index (κ2) is 11.8. The van der Waals surface area contributed by atoms with Crippen molar-refractivity contribution in [2.75, 3.05) is 0 Å². The minimum Gasteiger partial charge on any atom is -0.309 e. The Morgan fingerprint density at radius 3 is 1.93 bits per heavy atom. The maximum atomic E-state index is 5.27. The molecule has 0 N–H and O–H groups in total. The average Bonchev–Trinajstić information content (AvgIpc) is 3.92. The first-order valence-corrected chi connectivity index (χ1v) is 20.9. The molecule has 0 fully saturated rings. The molecular weight excluding hydrogens is 731 g/mol. The van der Waals surface area contributed by atoms with Gasteiger partial charge in [0.25, 0.3) is 0 Å². The third-order valence-electron chi connectivity index (χ3n) is 11.7. The highest BCUT2D eigenvalue weighted by atomic mass is 32.1. The van der Waals surface area contributed by atoms with Crippen LogP contribution in [0.4, 0.5) is 0 Å². The van der Waals surface area contributed by atoms with Crippen LogP contribution in [-0.4, -0.2) is 14.5 Å². The van der Waals surface area contributed by atoms with Crippen LogP contribution in [0.1, 0.15) is 0 Å². The summed E-state index contributed by atoms with van der Waals surface area (Å²) < 4.78 is 7.59. The van der Waals surface area contributed by atoms with Gasteiger partial charge in [0.2, 0.25) is 0 Å². The zero-order chi connectivity index (χ0) is 37.2. The maximum absolute atomic E-state index is 5.27. The van der Waals surface area contributed by atoms with Crippen molar-refractivity contribution in [3.05, 3.63) is 176 Å². The first-order valence-electron chi connectivity index (χ1n) is 19.2. The van der Waals surface area contributed by atoms with E-state index in [-0.39, 0.29) is 0 Å². The Hall–Kier alpha value is -6.92. The fraction of sp³-hybridized carbons (Fsp3) is 0. The van der Waals surface area contributed by atoms with Crippen molar-refractivity contribution in [2.45, 2.75) is 0 Å². The zero-order valence-electron chi connectivity index (χ0n) is 30.4. The minimum atomic E-state index is 0.740. The van der Waals surface area contributed by atoms with Gasteiger partial charge in [-0.1, -0.05) is 115 Å². The molecule has 0 unspecified atom stereocenters. The fourth-order valence-electron chi connectivity index (χ4n) is 9.05. The summed E-state index contributed by atoms with van der Waals surface area (Å²) in [6.07, 6.45) is 0. The minimum absolute atomic E-state index is 0.740. The zero-order valence-corrected chi connectivity index (χ0v) is 32.0. The van der Waals surface area contributed by atoms with E-state index < -0.39 is 0 Å². The summed E-state index contributed by atoms with van der Waals surface area (Å²) in [5.74, 6) is 0.740. The molecule has 0 bridgehead atoms. The molecule has 9 aromatic carbocycles. The quantitative estimate of drug-likeness (QED) is 0.168. The van der Waals surface area contributed by atoms with E-state index in [2.05, 4.69) is 180 Å². The molecule has 0 spiro atoms. The summed E-state index contributed by atoms with van der Waals surface area (Å²) >= 11 is 3.72. The Kier molecular flexibility index (Phi) is 6.48. The topological polar surface area (TPSA) is 30.7 Å². The van der Waals surface area contributed by atoms with Crippen LogP contribution < -0.4 is 0 Å². The van der Waals surface area contributed by atoms with Gasteiger partial charge in [0, 0.05) is 78.7 Å². The summed E-state index contributed by atoms with van der Waals surface area (Å²) in [6, 6.07) is 64.1. The number of rotatable bonds is 3. The van der Waals surface area contributed by atoms with E-state index in [0.29, 0.717) is 0 Å². The summed E-state index contributed by atoms with van der Waals surface area (Å²) in [4.78, 5) is 10.5. The van der Waals surface area contributed by atoms with Crippen LogP contribution in [0.5, 0.6) is 0 Å². The normalized spacial score (nSPS) is 12.2. The number of para-hydroxylation sites is 1. The standard InChI is InChI=1S/C52H29N3S2/c1-2-11-31(12-3-1)50-39-22-18-30-10-6-7-15-36(30)51(39)54-52(53-50)34-19-21-38-42-27-35(20-23-46(42)56-47(38)26-34)55-44-17-9-8-16-37(44)40-28-43-41-24-32-13-4-5-14-33(32)25-48(41)57-49(43)29-45(40)55/h1-29H.